The topological polar surface area (TPSA) is 70.2 Å². The fourth-order valence-electron chi connectivity index (χ4n) is 3.32. The molecule has 2 aliphatic rings. The summed E-state index contributed by atoms with van der Waals surface area (Å²) in [6.07, 6.45) is -2.49. The van der Waals surface area contributed by atoms with Gasteiger partial charge in [0.1, 0.15) is 0 Å². The maximum absolute atomic E-state index is 12.8. The lowest BCUT2D eigenvalue weighted by Crippen LogP contribution is -2.61. The number of nitrogens with one attached hydrogen (secondary N) is 3. The van der Waals surface area contributed by atoms with E-state index < -0.39 is 23.8 Å². The minimum atomic E-state index is -4.40. The van der Waals surface area contributed by atoms with Crippen LogP contribution in [0, 0.1) is 12.8 Å². The number of amides is 2. The Labute approximate surface area is 149 Å². The fourth-order valence-corrected chi connectivity index (χ4v) is 3.32. The molecule has 2 amide bonds. The Morgan fingerprint density at radius 3 is 2.58 bits per heavy atom. The van der Waals surface area contributed by atoms with Gasteiger partial charge < -0.3 is 10.6 Å². The molecule has 3 N–H and O–H groups in total. The number of carbonyl (C=O) groups is 2. The normalized spacial score (nSPS) is 24.7. The number of hydrogen-bond donors (Lipinski definition) is 3. The predicted molar refractivity (Wildman–Crippen MR) is 88.9 cm³/mol. The first-order valence-corrected chi connectivity index (χ1v) is 8.68. The average Bonchev–Trinajstić information content (AvgIpc) is 3.38. The van der Waals surface area contributed by atoms with Crippen LogP contribution in [0.2, 0.25) is 0 Å². The monoisotopic (exact) mass is 369 g/mol. The highest BCUT2D eigenvalue weighted by Gasteiger charge is 2.39. The van der Waals surface area contributed by atoms with Crippen LogP contribution in [0.15, 0.2) is 18.2 Å². The fraction of sp³-hybridized carbons (Fsp3) is 0.556. The molecule has 1 saturated heterocycles. The zero-order valence-electron chi connectivity index (χ0n) is 14.6. The van der Waals surface area contributed by atoms with Crippen molar-refractivity contribution in [3.8, 4) is 0 Å². The summed E-state index contributed by atoms with van der Waals surface area (Å²) in [5.74, 6) is -0.124. The molecule has 3 rings (SSSR count). The van der Waals surface area contributed by atoms with Crippen LogP contribution in [0.1, 0.15) is 48.9 Å². The van der Waals surface area contributed by atoms with Crippen LogP contribution < -0.4 is 16.0 Å². The van der Waals surface area contributed by atoms with Crippen molar-refractivity contribution in [3.05, 3.63) is 34.9 Å². The minimum Gasteiger partial charge on any atom is -0.348 e. The lowest BCUT2D eigenvalue weighted by Gasteiger charge is -2.31. The molecular formula is C18H22F3N3O2. The third-order valence-corrected chi connectivity index (χ3v) is 4.92. The highest BCUT2D eigenvalue weighted by Crippen LogP contribution is 2.33. The number of halogens is 3. The maximum Gasteiger partial charge on any atom is 0.416 e. The summed E-state index contributed by atoms with van der Waals surface area (Å²) in [7, 11) is 0. The number of rotatable bonds is 4. The van der Waals surface area contributed by atoms with Crippen molar-refractivity contribution < 1.29 is 22.8 Å². The van der Waals surface area contributed by atoms with Crippen molar-refractivity contribution >= 4 is 11.8 Å². The molecule has 26 heavy (non-hydrogen) atoms. The first-order valence-electron chi connectivity index (χ1n) is 8.68. The van der Waals surface area contributed by atoms with E-state index in [1.54, 1.807) is 13.8 Å². The SMILES string of the molecule is Cc1cc(C(F)(F)F)ccc1C(C)NC(=O)C1CC(=O)NC(C2CC2)N1. The van der Waals surface area contributed by atoms with E-state index in [0.29, 0.717) is 17.0 Å². The smallest absolute Gasteiger partial charge is 0.348 e. The van der Waals surface area contributed by atoms with Crippen LogP contribution in [0.4, 0.5) is 13.2 Å². The van der Waals surface area contributed by atoms with Crippen LogP contribution >= 0.6 is 0 Å². The van der Waals surface area contributed by atoms with Crippen molar-refractivity contribution in [1.29, 1.82) is 0 Å². The van der Waals surface area contributed by atoms with Gasteiger partial charge in [0, 0.05) is 0 Å². The van der Waals surface area contributed by atoms with Crippen LogP contribution in [-0.2, 0) is 15.8 Å². The molecule has 3 unspecified atom stereocenters. The molecule has 1 aromatic carbocycles. The Morgan fingerprint density at radius 2 is 2.00 bits per heavy atom. The van der Waals surface area contributed by atoms with Gasteiger partial charge in [-0.05, 0) is 55.9 Å². The van der Waals surface area contributed by atoms with Gasteiger partial charge in [0.25, 0.3) is 0 Å². The van der Waals surface area contributed by atoms with Crippen LogP contribution in [-0.4, -0.2) is 24.0 Å². The highest BCUT2D eigenvalue weighted by atomic mass is 19.4. The van der Waals surface area contributed by atoms with E-state index in [2.05, 4.69) is 16.0 Å². The number of alkyl halides is 3. The van der Waals surface area contributed by atoms with Crippen molar-refractivity contribution in [1.82, 2.24) is 16.0 Å². The average molecular weight is 369 g/mol. The van der Waals surface area contributed by atoms with Crippen molar-refractivity contribution in [3.63, 3.8) is 0 Å². The Morgan fingerprint density at radius 1 is 1.31 bits per heavy atom. The molecule has 1 saturated carbocycles. The summed E-state index contributed by atoms with van der Waals surface area (Å²) in [5, 5.41) is 8.80. The first-order chi connectivity index (χ1) is 12.1. The molecule has 1 heterocycles. The summed E-state index contributed by atoms with van der Waals surface area (Å²) in [6, 6.07) is 2.38. The first kappa shape index (κ1) is 18.7. The molecule has 1 aliphatic carbocycles. The molecular weight excluding hydrogens is 347 g/mol. The van der Waals surface area contributed by atoms with Gasteiger partial charge in [-0.1, -0.05) is 6.07 Å². The molecule has 5 nitrogen and oxygen atoms in total. The minimum absolute atomic E-state index is 0.0494. The quantitative estimate of drug-likeness (QED) is 0.763. The molecule has 1 aliphatic heterocycles. The van der Waals surface area contributed by atoms with E-state index in [1.807, 2.05) is 0 Å². The summed E-state index contributed by atoms with van der Waals surface area (Å²) < 4.78 is 38.3. The van der Waals surface area contributed by atoms with E-state index in [1.165, 1.54) is 6.07 Å². The lowest BCUT2D eigenvalue weighted by atomic mass is 9.99. The molecule has 0 bridgehead atoms. The molecule has 1 aromatic rings. The van der Waals surface area contributed by atoms with E-state index in [4.69, 9.17) is 0 Å². The van der Waals surface area contributed by atoms with Gasteiger partial charge >= 0.3 is 6.18 Å². The van der Waals surface area contributed by atoms with Crippen LogP contribution in [0.25, 0.3) is 0 Å². The second-order valence-electron chi connectivity index (χ2n) is 7.11. The third-order valence-electron chi connectivity index (χ3n) is 4.92. The van der Waals surface area contributed by atoms with Gasteiger partial charge in [-0.25, -0.2) is 0 Å². The van der Waals surface area contributed by atoms with E-state index in [0.717, 1.165) is 25.0 Å². The van der Waals surface area contributed by atoms with E-state index in [9.17, 15) is 22.8 Å². The van der Waals surface area contributed by atoms with Gasteiger partial charge in [0.15, 0.2) is 0 Å². The van der Waals surface area contributed by atoms with E-state index >= 15 is 0 Å². The Bertz CT molecular complexity index is 716. The largest absolute Gasteiger partial charge is 0.416 e. The number of aryl methyl sites for hydroxylation is 1. The highest BCUT2D eigenvalue weighted by molar-refractivity contribution is 5.89. The van der Waals surface area contributed by atoms with Crippen LogP contribution in [0.3, 0.4) is 0 Å². The second-order valence-corrected chi connectivity index (χ2v) is 7.11. The molecule has 0 aromatic heterocycles. The summed E-state index contributed by atoms with van der Waals surface area (Å²) in [4.78, 5) is 24.3. The van der Waals surface area contributed by atoms with Crippen molar-refractivity contribution in [2.45, 2.75) is 57.5 Å². The zero-order chi connectivity index (χ0) is 19.1. The molecule has 142 valence electrons. The standard InChI is InChI=1S/C18H22F3N3O2/c1-9-7-12(18(19,20)21)5-6-13(9)10(2)22-17(26)14-8-15(25)24-16(23-14)11-3-4-11/h5-7,10-11,14,16,23H,3-4,8H2,1-2H3,(H,22,26)(H,24,25). The number of carbonyl (C=O) groups excluding carboxylic acids is 2. The van der Waals surface area contributed by atoms with Gasteiger partial charge in [-0.3, -0.25) is 14.9 Å². The third kappa shape index (κ3) is 4.17. The van der Waals surface area contributed by atoms with E-state index in [-0.39, 0.29) is 24.4 Å². The Kier molecular flexibility index (Phi) is 4.96. The Hall–Kier alpha value is -2.09. The summed E-state index contributed by atoms with van der Waals surface area (Å²) in [5.41, 5.74) is 0.360. The zero-order valence-corrected chi connectivity index (χ0v) is 14.6. The van der Waals surface area contributed by atoms with Gasteiger partial charge in [-0.15, -0.1) is 0 Å². The molecule has 0 spiro atoms. The second kappa shape index (κ2) is 6.90. The molecule has 0 radical (unpaired) electrons. The van der Waals surface area contributed by atoms with Crippen molar-refractivity contribution in [2.24, 2.45) is 5.92 Å². The predicted octanol–water partition coefficient (Wildman–Crippen LogP) is 2.41. The van der Waals surface area contributed by atoms with Gasteiger partial charge in [-0.2, -0.15) is 13.2 Å². The van der Waals surface area contributed by atoms with Gasteiger partial charge in [0.05, 0.1) is 30.2 Å². The van der Waals surface area contributed by atoms with Gasteiger partial charge in [0.2, 0.25) is 11.8 Å². The molecule has 8 heteroatoms. The maximum atomic E-state index is 12.8. The van der Waals surface area contributed by atoms with Crippen LogP contribution in [0.5, 0.6) is 0 Å². The molecule has 2 fully saturated rings. The number of benzene rings is 1. The summed E-state index contributed by atoms with van der Waals surface area (Å²) in [6.45, 7) is 3.30. The van der Waals surface area contributed by atoms with Crippen molar-refractivity contribution in [2.75, 3.05) is 0 Å². The molecule has 3 atom stereocenters. The summed E-state index contributed by atoms with van der Waals surface area (Å²) >= 11 is 0. The lowest BCUT2D eigenvalue weighted by molar-refractivity contribution is -0.137. The Balaban J connectivity index is 1.66. The number of hydrogen-bond acceptors (Lipinski definition) is 3.